The summed E-state index contributed by atoms with van der Waals surface area (Å²) in [7, 11) is -6.61. The Morgan fingerprint density at radius 1 is 0.968 bits per heavy atom. The first-order valence-electron chi connectivity index (χ1n) is 9.25. The van der Waals surface area contributed by atoms with E-state index in [9.17, 15) is 26.0 Å². The Bertz CT molecular complexity index is 1150. The third kappa shape index (κ3) is 5.80. The van der Waals surface area contributed by atoms with Gasteiger partial charge in [-0.15, -0.1) is 0 Å². The van der Waals surface area contributed by atoms with Gasteiger partial charge < -0.3 is 5.32 Å². The van der Waals surface area contributed by atoms with Crippen molar-refractivity contribution in [3.63, 3.8) is 0 Å². The van der Waals surface area contributed by atoms with Crippen molar-refractivity contribution in [3.8, 4) is 0 Å². The molecule has 8 nitrogen and oxygen atoms in total. The average molecular weight is 492 g/mol. The molecule has 0 radical (unpaired) electrons. The number of amides is 1. The van der Waals surface area contributed by atoms with Gasteiger partial charge in [-0.3, -0.25) is 4.79 Å². The summed E-state index contributed by atoms with van der Waals surface area (Å²) in [5.74, 6) is -1.32. The molecule has 0 aromatic heterocycles. The van der Waals surface area contributed by atoms with Gasteiger partial charge in [-0.1, -0.05) is 25.4 Å². The highest BCUT2D eigenvalue weighted by Crippen LogP contribution is 2.27. The number of halogens is 2. The number of anilines is 1. The Morgan fingerprint density at radius 2 is 1.52 bits per heavy atom. The Morgan fingerprint density at radius 3 is 2.06 bits per heavy atom. The van der Waals surface area contributed by atoms with E-state index >= 15 is 0 Å². The first kappa shape index (κ1) is 25.2. The van der Waals surface area contributed by atoms with E-state index in [1.54, 1.807) is 13.8 Å². The van der Waals surface area contributed by atoms with Gasteiger partial charge in [0.2, 0.25) is 26.0 Å². The van der Waals surface area contributed by atoms with E-state index in [4.69, 9.17) is 11.6 Å². The maximum Gasteiger partial charge on any atom is 0.243 e. The minimum Gasteiger partial charge on any atom is -0.324 e. The van der Waals surface area contributed by atoms with Gasteiger partial charge in [-0.2, -0.15) is 8.61 Å². The van der Waals surface area contributed by atoms with Gasteiger partial charge in [0.1, 0.15) is 5.82 Å². The molecule has 0 bridgehead atoms. The summed E-state index contributed by atoms with van der Waals surface area (Å²) in [5, 5.41) is 2.53. The molecule has 12 heteroatoms. The van der Waals surface area contributed by atoms with Crippen molar-refractivity contribution in [3.05, 3.63) is 53.3 Å². The lowest BCUT2D eigenvalue weighted by Crippen LogP contribution is -2.35. The zero-order chi connectivity index (χ0) is 23.4. The van der Waals surface area contributed by atoms with Crippen LogP contribution in [0.4, 0.5) is 10.1 Å². The molecule has 0 saturated carbocycles. The molecule has 170 valence electrons. The van der Waals surface area contributed by atoms with Crippen molar-refractivity contribution in [2.75, 3.05) is 32.0 Å². The van der Waals surface area contributed by atoms with E-state index in [0.717, 1.165) is 28.6 Å². The molecule has 0 spiro atoms. The van der Waals surface area contributed by atoms with Crippen molar-refractivity contribution in [2.45, 2.75) is 23.6 Å². The summed E-state index contributed by atoms with van der Waals surface area (Å²) < 4.78 is 65.5. The molecule has 1 amide bonds. The SMILES string of the molecule is CCN(CC)S(=O)(=O)c1ccc(Cl)c(NC(=O)CN(C)S(=O)(=O)c2ccc(F)cc2)c1. The minimum absolute atomic E-state index is 0.0347. The van der Waals surface area contributed by atoms with Crippen molar-refractivity contribution in [2.24, 2.45) is 0 Å². The molecule has 0 fully saturated rings. The second-order valence-corrected chi connectivity index (χ2v) is 10.9. The molecule has 0 atom stereocenters. The lowest BCUT2D eigenvalue weighted by atomic mass is 10.3. The van der Waals surface area contributed by atoms with Crippen LogP contribution in [0.25, 0.3) is 0 Å². The van der Waals surface area contributed by atoms with Crippen LogP contribution in [0.5, 0.6) is 0 Å². The molecular formula is C19H23ClFN3O5S2. The van der Waals surface area contributed by atoms with Gasteiger partial charge in [0.05, 0.1) is 27.0 Å². The van der Waals surface area contributed by atoms with Crippen molar-refractivity contribution >= 4 is 43.2 Å². The van der Waals surface area contributed by atoms with E-state index in [1.165, 1.54) is 29.6 Å². The molecule has 2 aromatic rings. The second kappa shape index (κ2) is 10.0. The number of hydrogen-bond donors (Lipinski definition) is 1. The van der Waals surface area contributed by atoms with Crippen LogP contribution >= 0.6 is 11.6 Å². The number of nitrogens with zero attached hydrogens (tertiary/aromatic N) is 2. The molecule has 31 heavy (non-hydrogen) atoms. The number of benzene rings is 2. The maximum absolute atomic E-state index is 13.0. The molecule has 0 aliphatic carbocycles. The summed E-state index contributed by atoms with van der Waals surface area (Å²) >= 11 is 6.08. The monoisotopic (exact) mass is 491 g/mol. The fourth-order valence-electron chi connectivity index (χ4n) is 2.74. The number of rotatable bonds is 9. The largest absolute Gasteiger partial charge is 0.324 e. The van der Waals surface area contributed by atoms with Crippen molar-refractivity contribution in [1.29, 1.82) is 0 Å². The first-order valence-corrected chi connectivity index (χ1v) is 12.5. The highest BCUT2D eigenvalue weighted by molar-refractivity contribution is 7.89. The molecule has 2 rings (SSSR count). The number of carbonyl (C=O) groups is 1. The molecule has 0 heterocycles. The molecule has 0 saturated heterocycles. The number of nitrogens with one attached hydrogen (secondary N) is 1. The second-order valence-electron chi connectivity index (χ2n) is 6.49. The summed E-state index contributed by atoms with van der Waals surface area (Å²) in [6, 6.07) is 8.09. The number of likely N-dealkylation sites (N-methyl/N-ethyl adjacent to an activating group) is 1. The molecule has 0 aliphatic heterocycles. The summed E-state index contributed by atoms with van der Waals surface area (Å²) in [5.41, 5.74) is 0.0347. The van der Waals surface area contributed by atoms with Crippen LogP contribution in [0.15, 0.2) is 52.3 Å². The fourth-order valence-corrected chi connectivity index (χ4v) is 5.51. The minimum atomic E-state index is -4.03. The van der Waals surface area contributed by atoms with E-state index in [1.807, 2.05) is 0 Å². The van der Waals surface area contributed by atoms with Gasteiger partial charge in [-0.05, 0) is 42.5 Å². The van der Waals surface area contributed by atoms with Crippen LogP contribution < -0.4 is 5.32 Å². The summed E-state index contributed by atoms with van der Waals surface area (Å²) in [6.45, 7) is 3.39. The average Bonchev–Trinajstić information content (AvgIpc) is 2.70. The summed E-state index contributed by atoms with van der Waals surface area (Å²) in [6.07, 6.45) is 0. The van der Waals surface area contributed by atoms with Crippen LogP contribution in [0.2, 0.25) is 5.02 Å². The standard InChI is InChI=1S/C19H23ClFN3O5S2/c1-4-24(5-2)31(28,29)16-10-11-17(20)18(12-16)22-19(25)13-23(3)30(26,27)15-8-6-14(21)7-9-15/h6-12H,4-5,13H2,1-3H3,(H,22,25). The molecule has 1 N–H and O–H groups in total. The summed E-state index contributed by atoms with van der Waals surface area (Å²) in [4.78, 5) is 12.2. The normalized spacial score (nSPS) is 12.4. The van der Waals surface area contributed by atoms with E-state index in [-0.39, 0.29) is 33.6 Å². The van der Waals surface area contributed by atoms with Crippen LogP contribution in [-0.2, 0) is 24.8 Å². The quantitative estimate of drug-likeness (QED) is 0.581. The maximum atomic E-state index is 13.0. The molecule has 0 aliphatic rings. The topological polar surface area (TPSA) is 104 Å². The molecule has 2 aromatic carbocycles. The lowest BCUT2D eigenvalue weighted by molar-refractivity contribution is -0.116. The lowest BCUT2D eigenvalue weighted by Gasteiger charge is -2.20. The van der Waals surface area contributed by atoms with Crippen molar-refractivity contribution < 1.29 is 26.0 Å². The predicted molar refractivity (Wildman–Crippen MR) is 116 cm³/mol. The zero-order valence-electron chi connectivity index (χ0n) is 17.2. The van der Waals surface area contributed by atoms with E-state index in [2.05, 4.69) is 5.32 Å². The van der Waals surface area contributed by atoms with Crippen LogP contribution in [0, 0.1) is 5.82 Å². The Balaban J connectivity index is 2.21. The third-order valence-electron chi connectivity index (χ3n) is 4.44. The highest BCUT2D eigenvalue weighted by Gasteiger charge is 2.25. The number of sulfonamides is 2. The van der Waals surface area contributed by atoms with Gasteiger partial charge in [0.15, 0.2) is 0 Å². The molecule has 0 unspecified atom stereocenters. The Kier molecular flexibility index (Phi) is 8.17. The smallest absolute Gasteiger partial charge is 0.243 e. The third-order valence-corrected chi connectivity index (χ3v) is 8.64. The van der Waals surface area contributed by atoms with E-state index < -0.39 is 38.3 Å². The molecular weight excluding hydrogens is 469 g/mol. The van der Waals surface area contributed by atoms with Gasteiger partial charge in [0.25, 0.3) is 0 Å². The Labute approximate surface area is 186 Å². The van der Waals surface area contributed by atoms with Crippen molar-refractivity contribution in [1.82, 2.24) is 8.61 Å². The van der Waals surface area contributed by atoms with E-state index in [0.29, 0.717) is 0 Å². The van der Waals surface area contributed by atoms with Crippen LogP contribution in [-0.4, -0.2) is 58.0 Å². The fraction of sp³-hybridized carbons (Fsp3) is 0.316. The predicted octanol–water partition coefficient (Wildman–Crippen LogP) is 2.77. The van der Waals surface area contributed by atoms with Crippen LogP contribution in [0.1, 0.15) is 13.8 Å². The van der Waals surface area contributed by atoms with Crippen LogP contribution in [0.3, 0.4) is 0 Å². The number of carbonyl (C=O) groups excluding carboxylic acids is 1. The van der Waals surface area contributed by atoms with Gasteiger partial charge in [0, 0.05) is 20.1 Å². The van der Waals surface area contributed by atoms with Gasteiger partial charge in [-0.25, -0.2) is 21.2 Å². The van der Waals surface area contributed by atoms with Gasteiger partial charge >= 0.3 is 0 Å². The highest BCUT2D eigenvalue weighted by atomic mass is 35.5. The first-order chi connectivity index (χ1) is 14.4. The number of hydrogen-bond acceptors (Lipinski definition) is 5. The zero-order valence-corrected chi connectivity index (χ0v) is 19.6. The Hall–Kier alpha value is -2.05.